The van der Waals surface area contributed by atoms with Crippen LogP contribution < -0.4 is 0 Å². The first-order valence-corrected chi connectivity index (χ1v) is 5.42. The molecule has 2 nitrogen and oxygen atoms in total. The van der Waals surface area contributed by atoms with Gasteiger partial charge in [-0.1, -0.05) is 0 Å². The molecule has 0 fully saturated rings. The van der Waals surface area contributed by atoms with Gasteiger partial charge in [-0.2, -0.15) is 0 Å². The van der Waals surface area contributed by atoms with Gasteiger partial charge in [0.2, 0.25) is 0 Å². The summed E-state index contributed by atoms with van der Waals surface area (Å²) in [6.07, 6.45) is 0.635. The van der Waals surface area contributed by atoms with E-state index in [1.54, 1.807) is 19.1 Å². The maximum Gasteiger partial charge on any atom is 0.185 e. The zero-order chi connectivity index (χ0) is 11.7. The summed E-state index contributed by atoms with van der Waals surface area (Å²) in [7, 11) is 0. The number of furan rings is 1. The van der Waals surface area contributed by atoms with Crippen molar-refractivity contribution in [1.82, 2.24) is 0 Å². The lowest BCUT2D eigenvalue weighted by molar-refractivity contribution is 0.110. The van der Waals surface area contributed by atoms with Crippen molar-refractivity contribution in [2.45, 2.75) is 6.92 Å². The second-order valence-corrected chi connectivity index (χ2v) is 4.25. The second-order valence-electron chi connectivity index (χ2n) is 3.40. The molecular formula is C12H8BrFO2. The molecule has 0 saturated carbocycles. The Labute approximate surface area is 100 Å². The lowest BCUT2D eigenvalue weighted by atomic mass is 10.1. The molecule has 0 bridgehead atoms. The Kier molecular flexibility index (Phi) is 2.92. The van der Waals surface area contributed by atoms with E-state index in [9.17, 15) is 9.18 Å². The summed E-state index contributed by atoms with van der Waals surface area (Å²) in [5.41, 5.74) is 1.51. The number of rotatable bonds is 2. The molecule has 0 N–H and O–H groups in total. The predicted octanol–water partition coefficient (Wildman–Crippen LogP) is 3.97. The Morgan fingerprint density at radius 2 is 2.12 bits per heavy atom. The average Bonchev–Trinajstić information content (AvgIpc) is 2.64. The summed E-state index contributed by atoms with van der Waals surface area (Å²) in [5, 5.41) is 0. The summed E-state index contributed by atoms with van der Waals surface area (Å²) in [4.78, 5) is 10.5. The van der Waals surface area contributed by atoms with Gasteiger partial charge in [0.1, 0.15) is 11.6 Å². The molecule has 1 heterocycles. The van der Waals surface area contributed by atoms with E-state index in [4.69, 9.17) is 4.42 Å². The number of hydrogen-bond donors (Lipinski definition) is 0. The fraction of sp³-hybridized carbons (Fsp3) is 0.0833. The summed E-state index contributed by atoms with van der Waals surface area (Å²) >= 11 is 3.28. The van der Waals surface area contributed by atoms with E-state index in [-0.39, 0.29) is 11.6 Å². The summed E-state index contributed by atoms with van der Waals surface area (Å²) in [5.74, 6) is 0.493. The molecule has 2 rings (SSSR count). The van der Waals surface area contributed by atoms with E-state index in [0.29, 0.717) is 16.5 Å². The van der Waals surface area contributed by atoms with E-state index in [1.165, 1.54) is 12.1 Å². The number of carbonyl (C=O) groups is 1. The minimum Gasteiger partial charge on any atom is -0.453 e. The number of aryl methyl sites for hydroxylation is 1. The summed E-state index contributed by atoms with van der Waals surface area (Å²) in [6, 6.07) is 6.06. The highest BCUT2D eigenvalue weighted by Crippen LogP contribution is 2.33. The topological polar surface area (TPSA) is 30.2 Å². The van der Waals surface area contributed by atoms with Crippen LogP contribution in [0.2, 0.25) is 0 Å². The van der Waals surface area contributed by atoms with Gasteiger partial charge in [0.15, 0.2) is 12.0 Å². The smallest absolute Gasteiger partial charge is 0.185 e. The maximum absolute atomic E-state index is 13.1. The van der Waals surface area contributed by atoms with Crippen molar-refractivity contribution in [2.75, 3.05) is 0 Å². The third-order valence-electron chi connectivity index (χ3n) is 2.24. The average molecular weight is 283 g/mol. The number of aldehydes is 1. The molecule has 1 aromatic carbocycles. The van der Waals surface area contributed by atoms with Crippen molar-refractivity contribution < 1.29 is 13.6 Å². The van der Waals surface area contributed by atoms with Crippen LogP contribution in [0.4, 0.5) is 4.39 Å². The monoisotopic (exact) mass is 282 g/mol. The molecule has 82 valence electrons. The Balaban J connectivity index is 2.59. The lowest BCUT2D eigenvalue weighted by Crippen LogP contribution is -1.86. The molecule has 0 amide bonds. The molecule has 0 saturated heterocycles. The van der Waals surface area contributed by atoms with E-state index in [0.717, 1.165) is 11.1 Å². The Bertz CT molecular complexity index is 523. The summed E-state index contributed by atoms with van der Waals surface area (Å²) in [6.45, 7) is 1.78. The van der Waals surface area contributed by atoms with Crippen LogP contribution in [0, 0.1) is 12.7 Å². The summed E-state index contributed by atoms with van der Waals surface area (Å²) < 4.78 is 19.0. The van der Waals surface area contributed by atoms with Gasteiger partial charge < -0.3 is 4.42 Å². The molecule has 0 aliphatic rings. The molecule has 0 radical (unpaired) electrons. The van der Waals surface area contributed by atoms with Crippen LogP contribution in [-0.2, 0) is 0 Å². The molecule has 0 unspecified atom stereocenters. The van der Waals surface area contributed by atoms with Crippen molar-refractivity contribution in [1.29, 1.82) is 0 Å². The molecule has 4 heteroatoms. The van der Waals surface area contributed by atoms with Crippen LogP contribution in [0.25, 0.3) is 11.3 Å². The molecule has 0 aliphatic heterocycles. The van der Waals surface area contributed by atoms with Crippen LogP contribution in [0.5, 0.6) is 0 Å². The first-order valence-electron chi connectivity index (χ1n) is 4.63. The first-order chi connectivity index (χ1) is 7.61. The van der Waals surface area contributed by atoms with Crippen molar-refractivity contribution in [3.63, 3.8) is 0 Å². The molecule has 0 atom stereocenters. The minimum absolute atomic E-state index is 0.255. The predicted molar refractivity (Wildman–Crippen MR) is 61.9 cm³/mol. The van der Waals surface area contributed by atoms with Crippen LogP contribution in [0.1, 0.15) is 16.1 Å². The third kappa shape index (κ3) is 1.93. The number of carbonyl (C=O) groups excluding carboxylic acids is 1. The van der Waals surface area contributed by atoms with E-state index >= 15 is 0 Å². The quantitative estimate of drug-likeness (QED) is 0.781. The van der Waals surface area contributed by atoms with Crippen molar-refractivity contribution >= 4 is 22.2 Å². The fourth-order valence-corrected chi connectivity index (χ4v) is 2.29. The van der Waals surface area contributed by atoms with Gasteiger partial charge in [-0.3, -0.25) is 4.79 Å². The number of benzene rings is 1. The SMILES string of the molecule is Cc1cc(F)cc(Br)c1-c1ccc(C=O)o1. The van der Waals surface area contributed by atoms with Crippen molar-refractivity contribution in [2.24, 2.45) is 0 Å². The van der Waals surface area contributed by atoms with Crippen molar-refractivity contribution in [3.05, 3.63) is 45.9 Å². The van der Waals surface area contributed by atoms with Gasteiger partial charge in [-0.05, 0) is 52.7 Å². The van der Waals surface area contributed by atoms with Gasteiger partial charge >= 0.3 is 0 Å². The van der Waals surface area contributed by atoms with Crippen LogP contribution in [0.3, 0.4) is 0 Å². The largest absolute Gasteiger partial charge is 0.453 e. The normalized spacial score (nSPS) is 10.4. The van der Waals surface area contributed by atoms with Crippen LogP contribution in [-0.4, -0.2) is 6.29 Å². The van der Waals surface area contributed by atoms with E-state index in [1.807, 2.05) is 0 Å². The van der Waals surface area contributed by atoms with Gasteiger partial charge in [-0.25, -0.2) is 4.39 Å². The fourth-order valence-electron chi connectivity index (χ4n) is 1.56. The first kappa shape index (κ1) is 11.1. The van der Waals surface area contributed by atoms with E-state index < -0.39 is 0 Å². The maximum atomic E-state index is 13.1. The van der Waals surface area contributed by atoms with E-state index in [2.05, 4.69) is 15.9 Å². The molecule has 0 aliphatic carbocycles. The van der Waals surface area contributed by atoms with Crippen LogP contribution in [0.15, 0.2) is 33.2 Å². The van der Waals surface area contributed by atoms with Gasteiger partial charge in [0, 0.05) is 10.0 Å². The molecule has 1 aromatic heterocycles. The Morgan fingerprint density at radius 3 is 2.69 bits per heavy atom. The molecule has 2 aromatic rings. The Hall–Kier alpha value is -1.42. The second kappa shape index (κ2) is 4.22. The van der Waals surface area contributed by atoms with Crippen molar-refractivity contribution in [3.8, 4) is 11.3 Å². The Morgan fingerprint density at radius 1 is 1.38 bits per heavy atom. The highest BCUT2D eigenvalue weighted by atomic mass is 79.9. The van der Waals surface area contributed by atoms with Gasteiger partial charge in [0.25, 0.3) is 0 Å². The lowest BCUT2D eigenvalue weighted by Gasteiger charge is -2.05. The van der Waals surface area contributed by atoms with Gasteiger partial charge in [0.05, 0.1) is 0 Å². The highest BCUT2D eigenvalue weighted by Gasteiger charge is 2.12. The zero-order valence-electron chi connectivity index (χ0n) is 8.46. The number of halogens is 2. The highest BCUT2D eigenvalue weighted by molar-refractivity contribution is 9.10. The standard InChI is InChI=1S/C12H8BrFO2/c1-7-4-8(14)5-10(13)12(7)11-3-2-9(6-15)16-11/h2-6H,1H3. The molecular weight excluding hydrogens is 275 g/mol. The van der Waals surface area contributed by atoms with Crippen LogP contribution >= 0.6 is 15.9 Å². The number of hydrogen-bond acceptors (Lipinski definition) is 2. The third-order valence-corrected chi connectivity index (χ3v) is 2.87. The zero-order valence-corrected chi connectivity index (χ0v) is 10.0. The molecule has 16 heavy (non-hydrogen) atoms. The van der Waals surface area contributed by atoms with Gasteiger partial charge in [-0.15, -0.1) is 0 Å². The minimum atomic E-state index is -0.310. The molecule has 0 spiro atoms.